The molecule has 0 spiro atoms. The van der Waals surface area contributed by atoms with E-state index in [4.69, 9.17) is 11.5 Å². The summed E-state index contributed by atoms with van der Waals surface area (Å²) in [7, 11) is 1.86. The highest BCUT2D eigenvalue weighted by molar-refractivity contribution is 6.03. The van der Waals surface area contributed by atoms with Gasteiger partial charge in [0.25, 0.3) is 11.5 Å². The number of benzene rings is 1. The first-order valence-electron chi connectivity index (χ1n) is 11.8. The topological polar surface area (TPSA) is 139 Å². The number of fused-ring (bicyclic) bond motifs is 2. The number of hydrogen-bond acceptors (Lipinski definition) is 6. The van der Waals surface area contributed by atoms with Crippen LogP contribution in [0.3, 0.4) is 0 Å². The number of nitrogens with zero attached hydrogens (tertiary/aromatic N) is 6. The van der Waals surface area contributed by atoms with Crippen LogP contribution in [0.4, 0.5) is 5.82 Å². The summed E-state index contributed by atoms with van der Waals surface area (Å²) < 4.78 is 5.00. The van der Waals surface area contributed by atoms with E-state index in [9.17, 15) is 9.59 Å². The minimum Gasteiger partial charge on any atom is -0.381 e. The summed E-state index contributed by atoms with van der Waals surface area (Å²) in [5, 5.41) is 9.63. The van der Waals surface area contributed by atoms with E-state index < -0.39 is 5.91 Å². The van der Waals surface area contributed by atoms with Crippen molar-refractivity contribution >= 4 is 28.1 Å². The Morgan fingerprint density at radius 1 is 1.19 bits per heavy atom. The fourth-order valence-electron chi connectivity index (χ4n) is 4.14. The highest BCUT2D eigenvalue weighted by Crippen LogP contribution is 2.19. The van der Waals surface area contributed by atoms with E-state index in [0.717, 1.165) is 28.6 Å². The predicted octanol–water partition coefficient (Wildman–Crippen LogP) is 2.69. The molecule has 37 heavy (non-hydrogen) atoms. The van der Waals surface area contributed by atoms with Crippen molar-refractivity contribution in [2.45, 2.75) is 33.2 Å². The molecule has 0 unspecified atom stereocenters. The summed E-state index contributed by atoms with van der Waals surface area (Å²) in [5.41, 5.74) is 13.8. The lowest BCUT2D eigenvalue weighted by molar-refractivity contribution is 0.100. The number of carbonyl (C=O) groups is 1. The molecule has 10 heteroatoms. The summed E-state index contributed by atoms with van der Waals surface area (Å²) in [6, 6.07) is 9.75. The standard InChI is InChI=1S/C20H21N3O.C7H7N5O/c1-5-18-11-17-8-6-7-16(10-9-15-12-21-22(4)13-15)19(17)20(24)23(18)14(2)3;8-5-4(6(9)13)7-10-2-1-3-12(7)11-5/h6-8,11-14H,5H2,1-4H3;1-3H,(H2,8,11)(H2,9,13). The van der Waals surface area contributed by atoms with E-state index in [1.165, 1.54) is 4.52 Å². The van der Waals surface area contributed by atoms with Gasteiger partial charge in [-0.1, -0.05) is 30.9 Å². The normalized spacial score (nSPS) is 10.7. The maximum Gasteiger partial charge on any atom is 0.260 e. The SMILES string of the molecule is CCc1cc2cccc(C#Cc3cnn(C)c3)c2c(=O)n1C(C)C.NC(=O)c1c(N)nn2cccnc12. The molecule has 0 bridgehead atoms. The first-order valence-corrected chi connectivity index (χ1v) is 11.8. The van der Waals surface area contributed by atoms with Gasteiger partial charge in [0.1, 0.15) is 5.56 Å². The lowest BCUT2D eigenvalue weighted by Crippen LogP contribution is -2.25. The molecule has 4 heterocycles. The number of pyridine rings is 1. The predicted molar refractivity (Wildman–Crippen MR) is 143 cm³/mol. The van der Waals surface area contributed by atoms with Crippen molar-refractivity contribution in [2.24, 2.45) is 12.8 Å². The molecular formula is C27H28N8O2. The summed E-state index contributed by atoms with van der Waals surface area (Å²) >= 11 is 0. The third-order valence-electron chi connectivity index (χ3n) is 5.75. The monoisotopic (exact) mass is 496 g/mol. The average Bonchev–Trinajstić information content (AvgIpc) is 3.43. The molecule has 4 aromatic heterocycles. The first kappa shape index (κ1) is 25.2. The Balaban J connectivity index is 0.000000207. The van der Waals surface area contributed by atoms with Crippen LogP contribution in [0.15, 0.2) is 59.9 Å². The number of anilines is 1. The third-order valence-corrected chi connectivity index (χ3v) is 5.75. The smallest absolute Gasteiger partial charge is 0.260 e. The summed E-state index contributed by atoms with van der Waals surface area (Å²) in [5.74, 6) is 5.73. The van der Waals surface area contributed by atoms with Crippen molar-refractivity contribution in [3.8, 4) is 11.8 Å². The number of nitrogens with two attached hydrogens (primary N) is 2. The number of amides is 1. The number of aromatic nitrogens is 6. The van der Waals surface area contributed by atoms with Crippen LogP contribution in [-0.4, -0.2) is 34.9 Å². The molecule has 0 fully saturated rings. The molecule has 0 aliphatic carbocycles. The lowest BCUT2D eigenvalue weighted by Gasteiger charge is -2.17. The molecule has 1 amide bonds. The molecule has 0 radical (unpaired) electrons. The van der Waals surface area contributed by atoms with E-state index in [2.05, 4.69) is 40.0 Å². The Labute approximate surface area is 213 Å². The van der Waals surface area contributed by atoms with Gasteiger partial charge < -0.3 is 16.0 Å². The summed E-state index contributed by atoms with van der Waals surface area (Å²) in [6.07, 6.45) is 7.60. The van der Waals surface area contributed by atoms with Gasteiger partial charge in [0, 0.05) is 42.9 Å². The van der Waals surface area contributed by atoms with Gasteiger partial charge in [-0.25, -0.2) is 9.50 Å². The van der Waals surface area contributed by atoms with E-state index in [1.54, 1.807) is 29.3 Å². The minimum absolute atomic E-state index is 0.0374. The molecule has 188 valence electrons. The van der Waals surface area contributed by atoms with Gasteiger partial charge in [-0.3, -0.25) is 14.3 Å². The van der Waals surface area contributed by atoms with E-state index in [1.807, 2.05) is 49.9 Å². The zero-order valence-corrected chi connectivity index (χ0v) is 21.1. The minimum atomic E-state index is -0.619. The van der Waals surface area contributed by atoms with Crippen LogP contribution in [-0.2, 0) is 13.5 Å². The molecule has 0 atom stereocenters. The lowest BCUT2D eigenvalue weighted by atomic mass is 10.0. The second-order valence-corrected chi connectivity index (χ2v) is 8.69. The van der Waals surface area contributed by atoms with Crippen LogP contribution in [0, 0.1) is 11.8 Å². The highest BCUT2D eigenvalue weighted by atomic mass is 16.1. The Hall–Kier alpha value is -4.91. The van der Waals surface area contributed by atoms with Crippen molar-refractivity contribution in [3.63, 3.8) is 0 Å². The van der Waals surface area contributed by atoms with Crippen molar-refractivity contribution in [3.05, 3.63) is 87.9 Å². The fourth-order valence-corrected chi connectivity index (χ4v) is 4.14. The van der Waals surface area contributed by atoms with E-state index in [-0.39, 0.29) is 23.0 Å². The van der Waals surface area contributed by atoms with Gasteiger partial charge in [-0.15, -0.1) is 5.10 Å². The van der Waals surface area contributed by atoms with E-state index >= 15 is 0 Å². The first-order chi connectivity index (χ1) is 17.7. The summed E-state index contributed by atoms with van der Waals surface area (Å²) in [4.78, 5) is 28.0. The maximum absolute atomic E-state index is 13.1. The van der Waals surface area contributed by atoms with Crippen LogP contribution < -0.4 is 17.0 Å². The average molecular weight is 497 g/mol. The van der Waals surface area contributed by atoms with Crippen LogP contribution in [0.25, 0.3) is 16.4 Å². The molecule has 1 aromatic carbocycles. The van der Waals surface area contributed by atoms with Crippen LogP contribution in [0.2, 0.25) is 0 Å². The van der Waals surface area contributed by atoms with Gasteiger partial charge in [0.2, 0.25) is 0 Å². The Morgan fingerprint density at radius 2 is 1.97 bits per heavy atom. The van der Waals surface area contributed by atoms with Crippen molar-refractivity contribution in [1.82, 2.24) is 28.9 Å². The third kappa shape index (κ3) is 5.06. The van der Waals surface area contributed by atoms with Gasteiger partial charge >= 0.3 is 0 Å². The molecule has 10 nitrogen and oxygen atoms in total. The molecule has 4 N–H and O–H groups in total. The number of hydrogen-bond donors (Lipinski definition) is 2. The van der Waals surface area contributed by atoms with Crippen molar-refractivity contribution in [2.75, 3.05) is 5.73 Å². The number of nitrogen functional groups attached to an aromatic ring is 1. The van der Waals surface area contributed by atoms with Crippen LogP contribution >= 0.6 is 0 Å². The van der Waals surface area contributed by atoms with E-state index in [0.29, 0.717) is 11.0 Å². The van der Waals surface area contributed by atoms with Crippen molar-refractivity contribution < 1.29 is 4.79 Å². The highest BCUT2D eigenvalue weighted by Gasteiger charge is 2.15. The molecule has 5 aromatic rings. The molecule has 0 saturated carbocycles. The number of carbonyl (C=O) groups excluding carboxylic acids is 1. The number of aryl methyl sites for hydroxylation is 2. The quantitative estimate of drug-likeness (QED) is 0.368. The molecule has 0 saturated heterocycles. The Bertz CT molecular complexity index is 1730. The maximum atomic E-state index is 13.1. The second-order valence-electron chi connectivity index (χ2n) is 8.69. The van der Waals surface area contributed by atoms with Gasteiger partial charge in [0.05, 0.1) is 17.1 Å². The van der Waals surface area contributed by atoms with Gasteiger partial charge in [-0.05, 0) is 43.9 Å². The summed E-state index contributed by atoms with van der Waals surface area (Å²) in [6.45, 7) is 6.15. The van der Waals surface area contributed by atoms with Gasteiger partial charge in [0.15, 0.2) is 11.5 Å². The van der Waals surface area contributed by atoms with Crippen molar-refractivity contribution in [1.29, 1.82) is 0 Å². The second kappa shape index (κ2) is 10.4. The molecular weight excluding hydrogens is 468 g/mol. The Morgan fingerprint density at radius 3 is 2.62 bits per heavy atom. The number of rotatable bonds is 3. The zero-order chi connectivity index (χ0) is 26.7. The largest absolute Gasteiger partial charge is 0.381 e. The van der Waals surface area contributed by atoms with Crippen LogP contribution in [0.5, 0.6) is 0 Å². The molecule has 0 aliphatic heterocycles. The number of primary amides is 1. The Kier molecular flexibility index (Phi) is 7.06. The molecule has 5 rings (SSSR count). The molecule has 0 aliphatic rings. The van der Waals surface area contributed by atoms with Gasteiger partial charge in [-0.2, -0.15) is 5.10 Å². The van der Waals surface area contributed by atoms with Crippen LogP contribution in [0.1, 0.15) is 54.0 Å². The zero-order valence-electron chi connectivity index (χ0n) is 21.1. The fraction of sp³-hybridized carbons (Fsp3) is 0.222.